The third kappa shape index (κ3) is 11.4. The zero-order valence-corrected chi connectivity index (χ0v) is 8.23. The predicted molar refractivity (Wildman–Crippen MR) is 52.1 cm³/mol. The Labute approximate surface area is 79.7 Å². The van der Waals surface area contributed by atoms with E-state index >= 15 is 0 Å². The second kappa shape index (κ2) is 9.49. The Bertz CT molecular complexity index is 128. The van der Waals surface area contributed by atoms with Crippen molar-refractivity contribution in [2.45, 2.75) is 51.4 Å². The van der Waals surface area contributed by atoms with Gasteiger partial charge in [-0.3, -0.25) is 9.18 Å². The molecule has 78 valence electrons. The average Bonchev–Trinajstić information content (AvgIpc) is 2.09. The van der Waals surface area contributed by atoms with Gasteiger partial charge in [-0.05, 0) is 12.8 Å². The van der Waals surface area contributed by atoms with Gasteiger partial charge in [-0.1, -0.05) is 32.1 Å². The Morgan fingerprint density at radius 3 is 1.85 bits per heavy atom. The van der Waals surface area contributed by atoms with Crippen LogP contribution in [0.25, 0.3) is 0 Å². The zero-order chi connectivity index (χ0) is 9.94. The zero-order valence-electron chi connectivity index (χ0n) is 8.23. The summed E-state index contributed by atoms with van der Waals surface area (Å²) in [4.78, 5) is 10.4. The highest BCUT2D eigenvalue weighted by atomic mass is 19.1. The predicted octanol–water partition coefficient (Wildman–Crippen LogP) is 2.56. The molecule has 13 heavy (non-hydrogen) atoms. The molecular weight excluding hydrogens is 169 g/mol. The third-order valence-corrected chi connectivity index (χ3v) is 2.06. The number of alkyl halides is 1. The average molecular weight is 189 g/mol. The molecule has 0 rings (SSSR count). The molecule has 0 unspecified atom stereocenters. The van der Waals surface area contributed by atoms with Crippen LogP contribution in [0.5, 0.6) is 0 Å². The summed E-state index contributed by atoms with van der Waals surface area (Å²) >= 11 is 0. The van der Waals surface area contributed by atoms with Gasteiger partial charge >= 0.3 is 0 Å². The summed E-state index contributed by atoms with van der Waals surface area (Å²) in [6, 6.07) is 0. The molecule has 0 aromatic carbocycles. The number of hydrogen-bond acceptors (Lipinski definition) is 1. The topological polar surface area (TPSA) is 43.1 Å². The molecular formula is C10H20FNO. The summed E-state index contributed by atoms with van der Waals surface area (Å²) in [6.45, 7) is -0.193. The lowest BCUT2D eigenvalue weighted by Crippen LogP contribution is -2.09. The van der Waals surface area contributed by atoms with Gasteiger partial charge in [0, 0.05) is 6.42 Å². The maximum absolute atomic E-state index is 11.7. The van der Waals surface area contributed by atoms with Crippen LogP contribution in [0.3, 0.4) is 0 Å². The van der Waals surface area contributed by atoms with Crippen LogP contribution < -0.4 is 5.73 Å². The number of carbonyl (C=O) groups excluding carboxylic acids is 1. The molecule has 1 amide bonds. The first-order chi connectivity index (χ1) is 6.27. The van der Waals surface area contributed by atoms with Crippen LogP contribution in [0.1, 0.15) is 51.4 Å². The van der Waals surface area contributed by atoms with Crippen molar-refractivity contribution in [2.24, 2.45) is 5.73 Å². The number of halogens is 1. The highest BCUT2D eigenvalue weighted by Crippen LogP contribution is 2.08. The lowest BCUT2D eigenvalue weighted by atomic mass is 10.1. The van der Waals surface area contributed by atoms with Crippen molar-refractivity contribution in [1.82, 2.24) is 0 Å². The van der Waals surface area contributed by atoms with E-state index in [1.54, 1.807) is 0 Å². The van der Waals surface area contributed by atoms with E-state index < -0.39 is 0 Å². The first kappa shape index (κ1) is 12.4. The standard InChI is InChI=1S/C10H20FNO/c11-9-7-5-3-1-2-4-6-8-10(12)13/h1-9H2,(H2,12,13). The van der Waals surface area contributed by atoms with Crippen LogP contribution in [-0.2, 0) is 4.79 Å². The fraction of sp³-hybridized carbons (Fsp3) is 0.900. The molecule has 0 aromatic rings. The smallest absolute Gasteiger partial charge is 0.217 e. The van der Waals surface area contributed by atoms with Gasteiger partial charge in [0.15, 0.2) is 0 Å². The van der Waals surface area contributed by atoms with Crippen LogP contribution >= 0.6 is 0 Å². The van der Waals surface area contributed by atoms with Crippen molar-refractivity contribution in [3.8, 4) is 0 Å². The highest BCUT2D eigenvalue weighted by molar-refractivity contribution is 5.73. The van der Waals surface area contributed by atoms with E-state index in [0.29, 0.717) is 12.8 Å². The number of nitrogens with two attached hydrogens (primary N) is 1. The fourth-order valence-corrected chi connectivity index (χ4v) is 1.28. The Kier molecular flexibility index (Phi) is 9.05. The number of carbonyl (C=O) groups is 1. The Morgan fingerprint density at radius 2 is 1.38 bits per heavy atom. The number of amides is 1. The highest BCUT2D eigenvalue weighted by Gasteiger charge is 1.94. The summed E-state index contributed by atoms with van der Waals surface area (Å²) in [5, 5.41) is 0. The number of unbranched alkanes of at least 4 members (excludes halogenated alkanes) is 6. The van der Waals surface area contributed by atoms with E-state index in [2.05, 4.69) is 0 Å². The molecule has 0 spiro atoms. The number of rotatable bonds is 9. The summed E-state index contributed by atoms with van der Waals surface area (Å²) < 4.78 is 11.7. The van der Waals surface area contributed by atoms with Crippen molar-refractivity contribution < 1.29 is 9.18 Å². The Balaban J connectivity index is 2.87. The van der Waals surface area contributed by atoms with Gasteiger partial charge < -0.3 is 5.73 Å². The Hall–Kier alpha value is -0.600. The SMILES string of the molecule is NC(=O)CCCCCCCCCF. The van der Waals surface area contributed by atoms with Crippen LogP contribution in [0.2, 0.25) is 0 Å². The molecule has 0 aliphatic heterocycles. The van der Waals surface area contributed by atoms with E-state index in [9.17, 15) is 9.18 Å². The van der Waals surface area contributed by atoms with Crippen molar-refractivity contribution in [3.63, 3.8) is 0 Å². The molecule has 2 nitrogen and oxygen atoms in total. The van der Waals surface area contributed by atoms with Crippen LogP contribution in [-0.4, -0.2) is 12.6 Å². The van der Waals surface area contributed by atoms with Gasteiger partial charge in [0.05, 0.1) is 6.67 Å². The van der Waals surface area contributed by atoms with Crippen LogP contribution in [0.15, 0.2) is 0 Å². The van der Waals surface area contributed by atoms with Gasteiger partial charge in [0.25, 0.3) is 0 Å². The minimum absolute atomic E-state index is 0.193. The normalized spacial score (nSPS) is 10.2. The molecule has 0 aromatic heterocycles. The summed E-state index contributed by atoms with van der Waals surface area (Å²) in [5.74, 6) is -0.211. The maximum Gasteiger partial charge on any atom is 0.217 e. The van der Waals surface area contributed by atoms with Crippen LogP contribution in [0.4, 0.5) is 4.39 Å². The second-order valence-electron chi connectivity index (χ2n) is 3.38. The molecule has 0 saturated carbocycles. The van der Waals surface area contributed by atoms with E-state index in [1.807, 2.05) is 0 Å². The fourth-order valence-electron chi connectivity index (χ4n) is 1.28. The van der Waals surface area contributed by atoms with Gasteiger partial charge in [0.1, 0.15) is 0 Å². The monoisotopic (exact) mass is 189 g/mol. The summed E-state index contributed by atoms with van der Waals surface area (Å²) in [5.41, 5.74) is 4.99. The molecule has 3 heteroatoms. The van der Waals surface area contributed by atoms with Gasteiger partial charge in [-0.15, -0.1) is 0 Å². The van der Waals surface area contributed by atoms with Gasteiger partial charge in [-0.25, -0.2) is 0 Å². The van der Waals surface area contributed by atoms with E-state index in [-0.39, 0.29) is 12.6 Å². The van der Waals surface area contributed by atoms with E-state index in [4.69, 9.17) is 5.73 Å². The van der Waals surface area contributed by atoms with E-state index in [0.717, 1.165) is 38.5 Å². The van der Waals surface area contributed by atoms with Crippen molar-refractivity contribution in [1.29, 1.82) is 0 Å². The summed E-state index contributed by atoms with van der Waals surface area (Å²) in [7, 11) is 0. The molecule has 0 heterocycles. The van der Waals surface area contributed by atoms with E-state index in [1.165, 1.54) is 0 Å². The molecule has 2 N–H and O–H groups in total. The lowest BCUT2D eigenvalue weighted by molar-refractivity contribution is -0.118. The molecule has 0 aliphatic carbocycles. The number of primary amides is 1. The molecule has 0 radical (unpaired) electrons. The van der Waals surface area contributed by atoms with Crippen LogP contribution in [0, 0.1) is 0 Å². The molecule has 0 aliphatic rings. The van der Waals surface area contributed by atoms with Crippen molar-refractivity contribution >= 4 is 5.91 Å². The third-order valence-electron chi connectivity index (χ3n) is 2.06. The Morgan fingerprint density at radius 1 is 0.923 bits per heavy atom. The molecule has 0 fully saturated rings. The molecule has 0 bridgehead atoms. The first-order valence-electron chi connectivity index (χ1n) is 5.11. The maximum atomic E-state index is 11.7. The largest absolute Gasteiger partial charge is 0.370 e. The van der Waals surface area contributed by atoms with Crippen molar-refractivity contribution in [3.05, 3.63) is 0 Å². The molecule has 0 saturated heterocycles. The lowest BCUT2D eigenvalue weighted by Gasteiger charge is -1.99. The second-order valence-corrected chi connectivity index (χ2v) is 3.38. The minimum Gasteiger partial charge on any atom is -0.370 e. The van der Waals surface area contributed by atoms with Gasteiger partial charge in [-0.2, -0.15) is 0 Å². The number of hydrogen-bond donors (Lipinski definition) is 1. The molecule has 0 atom stereocenters. The first-order valence-corrected chi connectivity index (χ1v) is 5.11. The quantitative estimate of drug-likeness (QED) is 0.556. The van der Waals surface area contributed by atoms with Gasteiger partial charge in [0.2, 0.25) is 5.91 Å². The van der Waals surface area contributed by atoms with Crippen molar-refractivity contribution in [2.75, 3.05) is 6.67 Å². The summed E-state index contributed by atoms with van der Waals surface area (Å²) in [6.07, 6.45) is 7.56. The minimum atomic E-state index is -0.211.